The van der Waals surface area contributed by atoms with Gasteiger partial charge in [-0.2, -0.15) is 5.10 Å². The predicted molar refractivity (Wildman–Crippen MR) is 64.9 cm³/mol. The van der Waals surface area contributed by atoms with E-state index in [0.29, 0.717) is 10.9 Å². The summed E-state index contributed by atoms with van der Waals surface area (Å²) in [5.74, 6) is 0. The summed E-state index contributed by atoms with van der Waals surface area (Å²) in [5.41, 5.74) is 7.79. The van der Waals surface area contributed by atoms with Crippen molar-refractivity contribution < 1.29 is 4.79 Å². The highest BCUT2D eigenvalue weighted by molar-refractivity contribution is 5.87. The van der Waals surface area contributed by atoms with E-state index in [-0.39, 0.29) is 5.43 Å². The van der Waals surface area contributed by atoms with Gasteiger partial charge in [0.1, 0.15) is 0 Å². The minimum absolute atomic E-state index is 0.158. The number of hydrazone groups is 1. The number of para-hydroxylation sites is 1. The molecule has 0 aliphatic carbocycles. The molecule has 2 aromatic rings. The Labute approximate surface area is 96.1 Å². The van der Waals surface area contributed by atoms with E-state index in [0.717, 1.165) is 5.52 Å². The highest BCUT2D eigenvalue weighted by atomic mass is 16.2. The van der Waals surface area contributed by atoms with Crippen LogP contribution in [-0.2, 0) is 0 Å². The van der Waals surface area contributed by atoms with Crippen LogP contribution in [0.4, 0.5) is 4.79 Å². The van der Waals surface area contributed by atoms with Crippen LogP contribution in [0, 0.1) is 0 Å². The van der Waals surface area contributed by atoms with E-state index in [1.807, 2.05) is 11.5 Å². The minimum Gasteiger partial charge on any atom is -0.360 e. The van der Waals surface area contributed by atoms with Gasteiger partial charge in [0, 0.05) is 17.1 Å². The smallest absolute Gasteiger partial charge is 0.332 e. The molecule has 1 heterocycles. The topological polar surface area (TPSA) is 100 Å². The van der Waals surface area contributed by atoms with E-state index < -0.39 is 6.03 Å². The Hall–Kier alpha value is -2.63. The molecule has 0 saturated heterocycles. The van der Waals surface area contributed by atoms with E-state index in [9.17, 15) is 9.59 Å². The summed E-state index contributed by atoms with van der Waals surface area (Å²) in [6.07, 6.45) is 2.77. The first-order valence-corrected chi connectivity index (χ1v) is 4.87. The zero-order chi connectivity index (χ0) is 12.3. The van der Waals surface area contributed by atoms with Gasteiger partial charge in [-0.15, -0.1) is 0 Å². The fraction of sp³-hybridized carbons (Fsp3) is 0. The first-order valence-electron chi connectivity index (χ1n) is 4.87. The number of pyridine rings is 1. The number of carbonyl (C=O) groups excluding carboxylic acids is 1. The van der Waals surface area contributed by atoms with Crippen LogP contribution in [0.25, 0.3) is 10.9 Å². The third kappa shape index (κ3) is 2.31. The normalized spacial score (nSPS) is 10.8. The summed E-state index contributed by atoms with van der Waals surface area (Å²) in [7, 11) is 0. The van der Waals surface area contributed by atoms with Crippen LogP contribution in [0.5, 0.6) is 0 Å². The fourth-order valence-corrected chi connectivity index (χ4v) is 1.44. The molecule has 0 spiro atoms. The summed E-state index contributed by atoms with van der Waals surface area (Å²) >= 11 is 0. The number of carbonyl (C=O) groups is 1. The molecule has 0 unspecified atom stereocenters. The van der Waals surface area contributed by atoms with Crippen LogP contribution in [0.2, 0.25) is 0 Å². The lowest BCUT2D eigenvalue weighted by Crippen LogP contribution is -2.24. The number of fused-ring (bicyclic) bond motifs is 1. The monoisotopic (exact) mass is 230 g/mol. The quantitative estimate of drug-likeness (QED) is 0.517. The van der Waals surface area contributed by atoms with E-state index in [2.05, 4.69) is 10.1 Å². The molecule has 0 aliphatic rings. The summed E-state index contributed by atoms with van der Waals surface area (Å²) in [4.78, 5) is 25.3. The number of aromatic amines is 1. The van der Waals surface area contributed by atoms with Crippen molar-refractivity contribution in [2.75, 3.05) is 0 Å². The van der Waals surface area contributed by atoms with Crippen LogP contribution >= 0.6 is 0 Å². The van der Waals surface area contributed by atoms with Gasteiger partial charge in [-0.05, 0) is 12.1 Å². The second-order valence-corrected chi connectivity index (χ2v) is 3.35. The number of hydrogen-bond donors (Lipinski definition) is 3. The first kappa shape index (κ1) is 10.9. The van der Waals surface area contributed by atoms with Gasteiger partial charge in [-0.3, -0.25) is 4.79 Å². The van der Waals surface area contributed by atoms with Crippen LogP contribution in [-0.4, -0.2) is 17.2 Å². The number of benzene rings is 1. The highest BCUT2D eigenvalue weighted by Crippen LogP contribution is 2.05. The van der Waals surface area contributed by atoms with Crippen LogP contribution in [0.3, 0.4) is 0 Å². The maximum absolute atomic E-state index is 11.9. The molecular weight excluding hydrogens is 220 g/mol. The lowest BCUT2D eigenvalue weighted by atomic mass is 10.1. The number of aromatic nitrogens is 1. The van der Waals surface area contributed by atoms with Crippen LogP contribution in [0.1, 0.15) is 5.56 Å². The summed E-state index contributed by atoms with van der Waals surface area (Å²) in [6, 6.07) is 6.35. The highest BCUT2D eigenvalue weighted by Gasteiger charge is 2.01. The van der Waals surface area contributed by atoms with E-state index in [1.165, 1.54) is 12.4 Å². The molecule has 0 bridgehead atoms. The molecule has 4 N–H and O–H groups in total. The fourth-order valence-electron chi connectivity index (χ4n) is 1.44. The largest absolute Gasteiger partial charge is 0.360 e. The number of rotatable bonds is 2. The van der Waals surface area contributed by atoms with Crippen LogP contribution < -0.4 is 16.6 Å². The van der Waals surface area contributed by atoms with Gasteiger partial charge in [-0.25, -0.2) is 10.2 Å². The van der Waals surface area contributed by atoms with Gasteiger partial charge < -0.3 is 10.7 Å². The number of H-pyrrole nitrogens is 1. The Morgan fingerprint density at radius 2 is 2.18 bits per heavy atom. The van der Waals surface area contributed by atoms with Crippen molar-refractivity contribution in [3.8, 4) is 0 Å². The van der Waals surface area contributed by atoms with E-state index in [1.54, 1.807) is 18.2 Å². The van der Waals surface area contributed by atoms with Crippen molar-refractivity contribution in [3.05, 3.63) is 46.2 Å². The molecule has 0 fully saturated rings. The van der Waals surface area contributed by atoms with Gasteiger partial charge >= 0.3 is 6.03 Å². The van der Waals surface area contributed by atoms with Gasteiger partial charge in [0.05, 0.1) is 11.8 Å². The summed E-state index contributed by atoms with van der Waals surface area (Å²) in [5, 5.41) is 4.10. The molecule has 86 valence electrons. The second kappa shape index (κ2) is 4.48. The van der Waals surface area contributed by atoms with Gasteiger partial charge in [0.25, 0.3) is 0 Å². The molecular formula is C11H10N4O2. The van der Waals surface area contributed by atoms with Crippen molar-refractivity contribution >= 4 is 23.1 Å². The van der Waals surface area contributed by atoms with E-state index in [4.69, 9.17) is 5.73 Å². The van der Waals surface area contributed by atoms with Crippen molar-refractivity contribution in [1.82, 2.24) is 10.4 Å². The van der Waals surface area contributed by atoms with Crippen LogP contribution in [0.15, 0.2) is 40.4 Å². The average molecular weight is 230 g/mol. The minimum atomic E-state index is -0.779. The Balaban J connectivity index is 2.43. The standard InChI is InChI=1S/C11H10N4O2/c12-11(17)15-14-6-7-5-13-9-4-2-1-3-8(9)10(7)16/h1-6H,(H,13,16)(H3,12,15,17)/b14-6+. The molecule has 2 amide bonds. The Bertz CT molecular complexity index is 645. The predicted octanol–water partition coefficient (Wildman–Crippen LogP) is 0.530. The number of amides is 2. The third-order valence-electron chi connectivity index (χ3n) is 2.20. The molecule has 6 nitrogen and oxygen atoms in total. The number of nitrogens with two attached hydrogens (primary N) is 1. The average Bonchev–Trinajstić information content (AvgIpc) is 2.32. The third-order valence-corrected chi connectivity index (χ3v) is 2.20. The van der Waals surface area contributed by atoms with Crippen molar-refractivity contribution in [2.45, 2.75) is 0 Å². The van der Waals surface area contributed by atoms with E-state index >= 15 is 0 Å². The molecule has 0 radical (unpaired) electrons. The number of hydrogen-bond acceptors (Lipinski definition) is 3. The zero-order valence-electron chi connectivity index (χ0n) is 8.81. The molecule has 0 aliphatic heterocycles. The van der Waals surface area contributed by atoms with Gasteiger partial charge in [0.2, 0.25) is 0 Å². The van der Waals surface area contributed by atoms with Gasteiger partial charge in [-0.1, -0.05) is 12.1 Å². The Morgan fingerprint density at radius 1 is 1.41 bits per heavy atom. The zero-order valence-corrected chi connectivity index (χ0v) is 8.81. The first-order chi connectivity index (χ1) is 8.18. The van der Waals surface area contributed by atoms with Gasteiger partial charge in [0.15, 0.2) is 5.43 Å². The number of primary amides is 1. The number of nitrogens with one attached hydrogen (secondary N) is 2. The molecule has 1 aromatic heterocycles. The Kier molecular flexibility index (Phi) is 2.87. The second-order valence-electron chi connectivity index (χ2n) is 3.35. The van der Waals surface area contributed by atoms with Crippen molar-refractivity contribution in [3.63, 3.8) is 0 Å². The number of urea groups is 1. The van der Waals surface area contributed by atoms with Crippen molar-refractivity contribution in [2.24, 2.45) is 10.8 Å². The molecule has 6 heteroatoms. The number of nitrogens with zero attached hydrogens (tertiary/aromatic N) is 1. The molecule has 0 atom stereocenters. The van der Waals surface area contributed by atoms with Crippen molar-refractivity contribution in [1.29, 1.82) is 0 Å². The lowest BCUT2D eigenvalue weighted by Gasteiger charge is -1.98. The molecule has 2 rings (SSSR count). The summed E-state index contributed by atoms with van der Waals surface area (Å²) < 4.78 is 0. The molecule has 0 saturated carbocycles. The molecule has 1 aromatic carbocycles. The molecule has 17 heavy (non-hydrogen) atoms. The maximum atomic E-state index is 11.9. The maximum Gasteiger partial charge on any atom is 0.332 e. The summed E-state index contributed by atoms with van der Waals surface area (Å²) in [6.45, 7) is 0. The lowest BCUT2D eigenvalue weighted by molar-refractivity contribution is 0.249. The SMILES string of the molecule is NC(=O)N/N=C/c1c[nH]c2ccccc2c1=O. The Morgan fingerprint density at radius 3 is 2.94 bits per heavy atom.